The second-order valence-electron chi connectivity index (χ2n) is 3.91. The number of aromatic nitrogens is 2. The molecule has 0 aromatic carbocycles. The molecule has 1 N–H and O–H groups in total. The predicted molar refractivity (Wildman–Crippen MR) is 52.0 cm³/mol. The zero-order valence-electron chi connectivity index (χ0n) is 8.90. The first-order valence-corrected chi connectivity index (χ1v) is 4.80. The summed E-state index contributed by atoms with van der Waals surface area (Å²) in [4.78, 5) is 10.9. The molecule has 0 saturated carbocycles. The molecule has 0 aliphatic heterocycles. The number of imidazole rings is 1. The van der Waals surface area contributed by atoms with E-state index in [2.05, 4.69) is 13.8 Å². The van der Waals surface area contributed by atoms with E-state index in [-0.39, 0.29) is 0 Å². The van der Waals surface area contributed by atoms with Crippen molar-refractivity contribution in [3.63, 3.8) is 0 Å². The number of carbonyl (C=O) groups is 1. The van der Waals surface area contributed by atoms with E-state index in [0.717, 1.165) is 13.0 Å². The molecule has 14 heavy (non-hydrogen) atoms. The van der Waals surface area contributed by atoms with E-state index in [1.165, 1.54) is 0 Å². The summed E-state index contributed by atoms with van der Waals surface area (Å²) in [6.45, 7) is 5.02. The van der Waals surface area contributed by atoms with Gasteiger partial charge < -0.3 is 5.11 Å². The third-order valence-corrected chi connectivity index (χ3v) is 2.21. The van der Waals surface area contributed by atoms with Crippen LogP contribution < -0.4 is 4.57 Å². The maximum Gasteiger partial charge on any atom is 0.419 e. The molecule has 0 amide bonds. The minimum Gasteiger partial charge on any atom is -0.472 e. The highest BCUT2D eigenvalue weighted by Crippen LogP contribution is 2.04. The lowest BCUT2D eigenvalue weighted by Crippen LogP contribution is -2.35. The standard InChI is InChI=1S/C10H16N2O2/c1-8(2)4-5-12-7-6-11(3)9(12)10(13)14/h6-8H,4-5H2,1-3H3/p+1. The van der Waals surface area contributed by atoms with Crippen molar-refractivity contribution in [2.45, 2.75) is 26.8 Å². The fraction of sp³-hybridized carbons (Fsp3) is 0.600. The van der Waals surface area contributed by atoms with Crippen molar-refractivity contribution in [1.82, 2.24) is 4.57 Å². The molecule has 0 bridgehead atoms. The molecule has 78 valence electrons. The summed E-state index contributed by atoms with van der Waals surface area (Å²) >= 11 is 0. The van der Waals surface area contributed by atoms with Crippen LogP contribution in [0.15, 0.2) is 12.4 Å². The van der Waals surface area contributed by atoms with Gasteiger partial charge in [-0.2, -0.15) is 0 Å². The van der Waals surface area contributed by atoms with Gasteiger partial charge in [0.25, 0.3) is 0 Å². The van der Waals surface area contributed by atoms with Crippen molar-refractivity contribution in [2.24, 2.45) is 13.0 Å². The largest absolute Gasteiger partial charge is 0.472 e. The Balaban J connectivity index is 2.81. The molecule has 0 aliphatic rings. The average Bonchev–Trinajstić information content (AvgIpc) is 2.43. The number of hydrogen-bond donors (Lipinski definition) is 1. The third kappa shape index (κ3) is 2.34. The van der Waals surface area contributed by atoms with Crippen LogP contribution in [0.4, 0.5) is 0 Å². The molecule has 4 heteroatoms. The molecule has 0 spiro atoms. The van der Waals surface area contributed by atoms with Crippen LogP contribution in [0.2, 0.25) is 0 Å². The number of carboxylic acid groups (broad SMARTS) is 1. The first-order chi connectivity index (χ1) is 6.52. The SMILES string of the molecule is CC(C)CCn1cc[n+](C)c1C(=O)O. The molecule has 1 aromatic heterocycles. The highest BCUT2D eigenvalue weighted by Gasteiger charge is 2.21. The lowest BCUT2D eigenvalue weighted by atomic mass is 10.1. The lowest BCUT2D eigenvalue weighted by molar-refractivity contribution is -0.673. The lowest BCUT2D eigenvalue weighted by Gasteiger charge is -2.02. The highest BCUT2D eigenvalue weighted by atomic mass is 16.4. The maximum atomic E-state index is 10.9. The van der Waals surface area contributed by atoms with Crippen molar-refractivity contribution in [3.05, 3.63) is 18.2 Å². The van der Waals surface area contributed by atoms with Crippen molar-refractivity contribution in [2.75, 3.05) is 0 Å². The number of carboxylic acids is 1. The van der Waals surface area contributed by atoms with E-state index in [4.69, 9.17) is 5.11 Å². The average molecular weight is 197 g/mol. The quantitative estimate of drug-likeness (QED) is 0.733. The van der Waals surface area contributed by atoms with Crippen LogP contribution in [0.3, 0.4) is 0 Å². The first kappa shape index (κ1) is 10.8. The van der Waals surface area contributed by atoms with Crippen LogP contribution >= 0.6 is 0 Å². The second kappa shape index (κ2) is 4.26. The Kier molecular flexibility index (Phi) is 3.28. The summed E-state index contributed by atoms with van der Waals surface area (Å²) in [7, 11) is 1.75. The zero-order valence-corrected chi connectivity index (χ0v) is 8.90. The number of aromatic carboxylic acids is 1. The minimum atomic E-state index is -0.874. The normalized spacial score (nSPS) is 10.9. The van der Waals surface area contributed by atoms with Gasteiger partial charge in [0, 0.05) is 0 Å². The van der Waals surface area contributed by atoms with Crippen molar-refractivity contribution < 1.29 is 14.5 Å². The molecule has 0 saturated heterocycles. The summed E-state index contributed by atoms with van der Waals surface area (Å²) in [6.07, 6.45) is 4.57. The first-order valence-electron chi connectivity index (χ1n) is 4.80. The van der Waals surface area contributed by atoms with Crippen LogP contribution in [0, 0.1) is 5.92 Å². The molecule has 0 aliphatic carbocycles. The Labute approximate surface area is 83.8 Å². The molecule has 0 fully saturated rings. The fourth-order valence-electron chi connectivity index (χ4n) is 1.38. The van der Waals surface area contributed by atoms with Crippen molar-refractivity contribution in [1.29, 1.82) is 0 Å². The molecule has 0 radical (unpaired) electrons. The van der Waals surface area contributed by atoms with E-state index >= 15 is 0 Å². The van der Waals surface area contributed by atoms with Crippen molar-refractivity contribution >= 4 is 5.97 Å². The van der Waals surface area contributed by atoms with Gasteiger partial charge in [0.15, 0.2) is 0 Å². The molecule has 0 unspecified atom stereocenters. The van der Waals surface area contributed by atoms with Crippen LogP contribution in [-0.2, 0) is 13.6 Å². The van der Waals surface area contributed by atoms with E-state index in [0.29, 0.717) is 11.7 Å². The Morgan fingerprint density at radius 2 is 2.29 bits per heavy atom. The summed E-state index contributed by atoms with van der Waals surface area (Å²) in [5, 5.41) is 8.96. The van der Waals surface area contributed by atoms with Crippen LogP contribution in [0.5, 0.6) is 0 Å². The van der Waals surface area contributed by atoms with Gasteiger partial charge in [-0.15, -0.1) is 0 Å². The Morgan fingerprint density at radius 3 is 2.79 bits per heavy atom. The number of rotatable bonds is 4. The topological polar surface area (TPSA) is 46.1 Å². The second-order valence-corrected chi connectivity index (χ2v) is 3.91. The van der Waals surface area contributed by atoms with Gasteiger partial charge in [0.05, 0.1) is 13.6 Å². The van der Waals surface area contributed by atoms with E-state index in [9.17, 15) is 4.79 Å². The highest BCUT2D eigenvalue weighted by molar-refractivity contribution is 5.81. The third-order valence-electron chi connectivity index (χ3n) is 2.21. The van der Waals surface area contributed by atoms with Gasteiger partial charge in [-0.25, -0.2) is 13.9 Å². The summed E-state index contributed by atoms with van der Waals surface area (Å²) in [5.74, 6) is 0.0521. The number of hydrogen-bond acceptors (Lipinski definition) is 1. The number of aryl methyl sites for hydroxylation is 2. The molecule has 1 aromatic rings. The molecular weight excluding hydrogens is 180 g/mol. The van der Waals surface area contributed by atoms with E-state index in [1.54, 1.807) is 22.4 Å². The molecule has 0 atom stereocenters. The van der Waals surface area contributed by atoms with E-state index < -0.39 is 5.97 Å². The zero-order chi connectivity index (χ0) is 10.7. The Hall–Kier alpha value is -1.32. The van der Waals surface area contributed by atoms with Gasteiger partial charge in [0.1, 0.15) is 12.4 Å². The maximum absolute atomic E-state index is 10.9. The minimum absolute atomic E-state index is 0.339. The van der Waals surface area contributed by atoms with Crippen molar-refractivity contribution in [3.8, 4) is 0 Å². The van der Waals surface area contributed by atoms with Crippen LogP contribution in [0.1, 0.15) is 30.9 Å². The molecule has 4 nitrogen and oxygen atoms in total. The van der Waals surface area contributed by atoms with Gasteiger partial charge in [0.2, 0.25) is 0 Å². The van der Waals surface area contributed by atoms with Gasteiger partial charge in [-0.3, -0.25) is 0 Å². The summed E-state index contributed by atoms with van der Waals surface area (Å²) < 4.78 is 3.41. The molecule has 1 heterocycles. The van der Waals surface area contributed by atoms with Gasteiger partial charge in [-0.1, -0.05) is 13.8 Å². The fourth-order valence-corrected chi connectivity index (χ4v) is 1.38. The van der Waals surface area contributed by atoms with Crippen LogP contribution in [0.25, 0.3) is 0 Å². The molecule has 1 rings (SSSR count). The van der Waals surface area contributed by atoms with Crippen LogP contribution in [-0.4, -0.2) is 15.6 Å². The number of nitrogens with zero attached hydrogens (tertiary/aromatic N) is 2. The monoisotopic (exact) mass is 197 g/mol. The smallest absolute Gasteiger partial charge is 0.419 e. The molecular formula is C10H17N2O2+. The summed E-state index contributed by atoms with van der Waals surface area (Å²) in [5.41, 5.74) is 0. The van der Waals surface area contributed by atoms with E-state index in [1.807, 2.05) is 6.20 Å². The Morgan fingerprint density at radius 1 is 1.64 bits per heavy atom. The van der Waals surface area contributed by atoms with Gasteiger partial charge in [-0.05, 0) is 12.3 Å². The predicted octanol–water partition coefficient (Wildman–Crippen LogP) is 1.06. The Bertz CT molecular complexity index is 329. The summed E-state index contributed by atoms with van der Waals surface area (Å²) in [6, 6.07) is 0. The van der Waals surface area contributed by atoms with Gasteiger partial charge >= 0.3 is 11.8 Å².